The summed E-state index contributed by atoms with van der Waals surface area (Å²) in [4.78, 5) is 22.1. The molecule has 5 nitrogen and oxygen atoms in total. The van der Waals surface area contributed by atoms with Gasteiger partial charge in [-0.2, -0.15) is 5.26 Å². The first-order valence-electron chi connectivity index (χ1n) is 9.53. The molecule has 1 atom stereocenters. The molecule has 1 spiro atoms. The molecule has 3 fully saturated rings. The molecule has 4 rings (SSSR count). The van der Waals surface area contributed by atoms with Gasteiger partial charge in [0.15, 0.2) is 0 Å². The standard InChI is InChI=1S/C20H26N4O/c1-15-6-7-17(12-21)18(22-15)24-11-9-20(14-24)8-3-10-23(19(20)25)13-16-4-2-5-16/h6-7,16H,2-5,8-11,13-14H2,1H3/t20-/m1/s1. The van der Waals surface area contributed by atoms with Crippen LogP contribution in [0.1, 0.15) is 49.8 Å². The average molecular weight is 338 g/mol. The lowest BCUT2D eigenvalue weighted by Crippen LogP contribution is -2.51. The summed E-state index contributed by atoms with van der Waals surface area (Å²) in [5.74, 6) is 1.82. The number of nitriles is 1. The Kier molecular flexibility index (Phi) is 4.15. The zero-order valence-electron chi connectivity index (χ0n) is 15.0. The molecule has 3 heterocycles. The molecule has 1 aromatic heterocycles. The third kappa shape index (κ3) is 2.88. The van der Waals surface area contributed by atoms with Crippen molar-refractivity contribution in [3.63, 3.8) is 0 Å². The normalized spacial score (nSPS) is 26.8. The smallest absolute Gasteiger partial charge is 0.230 e. The highest BCUT2D eigenvalue weighted by Crippen LogP contribution is 2.42. The molecule has 0 N–H and O–H groups in total. The summed E-state index contributed by atoms with van der Waals surface area (Å²) in [6.45, 7) is 5.34. The fourth-order valence-electron chi connectivity index (χ4n) is 4.62. The molecule has 5 heteroatoms. The predicted molar refractivity (Wildman–Crippen MR) is 96.1 cm³/mol. The third-order valence-electron chi connectivity index (χ3n) is 6.32. The van der Waals surface area contributed by atoms with Gasteiger partial charge in [-0.1, -0.05) is 6.42 Å². The van der Waals surface area contributed by atoms with Crippen molar-refractivity contribution in [3.8, 4) is 6.07 Å². The molecular weight excluding hydrogens is 312 g/mol. The third-order valence-corrected chi connectivity index (χ3v) is 6.32. The monoisotopic (exact) mass is 338 g/mol. The van der Waals surface area contributed by atoms with E-state index in [1.54, 1.807) is 0 Å². The first-order chi connectivity index (χ1) is 12.1. The van der Waals surface area contributed by atoms with Crippen LogP contribution < -0.4 is 4.90 Å². The number of likely N-dealkylation sites (tertiary alicyclic amines) is 1. The molecule has 0 aromatic carbocycles. The van der Waals surface area contributed by atoms with Crippen LogP contribution in [0, 0.1) is 29.6 Å². The number of hydrogen-bond donors (Lipinski definition) is 0. The van der Waals surface area contributed by atoms with E-state index in [2.05, 4.69) is 20.9 Å². The molecule has 1 aromatic rings. The molecule has 3 aliphatic rings. The van der Waals surface area contributed by atoms with Crippen LogP contribution in [0.15, 0.2) is 12.1 Å². The summed E-state index contributed by atoms with van der Waals surface area (Å²) < 4.78 is 0. The molecule has 1 amide bonds. The minimum Gasteiger partial charge on any atom is -0.354 e. The van der Waals surface area contributed by atoms with Gasteiger partial charge in [-0.25, -0.2) is 4.98 Å². The van der Waals surface area contributed by atoms with E-state index >= 15 is 0 Å². The summed E-state index contributed by atoms with van der Waals surface area (Å²) in [5, 5.41) is 9.41. The Morgan fingerprint density at radius 3 is 2.84 bits per heavy atom. The van der Waals surface area contributed by atoms with Gasteiger partial charge in [0.2, 0.25) is 5.91 Å². The van der Waals surface area contributed by atoms with Crippen molar-refractivity contribution in [1.82, 2.24) is 9.88 Å². The number of hydrogen-bond acceptors (Lipinski definition) is 4. The summed E-state index contributed by atoms with van der Waals surface area (Å²) in [5.41, 5.74) is 1.26. The van der Waals surface area contributed by atoms with Crippen LogP contribution in [0.5, 0.6) is 0 Å². The maximum absolute atomic E-state index is 13.2. The van der Waals surface area contributed by atoms with Crippen molar-refractivity contribution in [1.29, 1.82) is 5.26 Å². The summed E-state index contributed by atoms with van der Waals surface area (Å²) >= 11 is 0. The van der Waals surface area contributed by atoms with E-state index in [1.807, 2.05) is 19.1 Å². The van der Waals surface area contributed by atoms with Crippen molar-refractivity contribution in [2.24, 2.45) is 11.3 Å². The number of anilines is 1. The Balaban J connectivity index is 1.53. The van der Waals surface area contributed by atoms with E-state index in [-0.39, 0.29) is 5.41 Å². The minimum atomic E-state index is -0.264. The highest BCUT2D eigenvalue weighted by molar-refractivity contribution is 5.85. The lowest BCUT2D eigenvalue weighted by atomic mass is 9.77. The molecule has 0 unspecified atom stereocenters. The van der Waals surface area contributed by atoms with Gasteiger partial charge in [0.25, 0.3) is 0 Å². The van der Waals surface area contributed by atoms with E-state index in [4.69, 9.17) is 0 Å². The number of pyridine rings is 1. The second kappa shape index (κ2) is 6.33. The van der Waals surface area contributed by atoms with Gasteiger partial charge in [0, 0.05) is 31.9 Å². The lowest BCUT2D eigenvalue weighted by Gasteiger charge is -2.42. The molecule has 2 saturated heterocycles. The fraction of sp³-hybridized carbons (Fsp3) is 0.650. The second-order valence-corrected chi connectivity index (χ2v) is 8.04. The first kappa shape index (κ1) is 16.4. The SMILES string of the molecule is Cc1ccc(C#N)c(N2CC[C@]3(CCCN(CC4CCC4)C3=O)C2)n1. The van der Waals surface area contributed by atoms with E-state index in [9.17, 15) is 10.1 Å². The highest BCUT2D eigenvalue weighted by Gasteiger charge is 2.49. The Morgan fingerprint density at radius 2 is 2.12 bits per heavy atom. The Morgan fingerprint density at radius 1 is 1.28 bits per heavy atom. The van der Waals surface area contributed by atoms with E-state index < -0.39 is 0 Å². The van der Waals surface area contributed by atoms with Gasteiger partial charge < -0.3 is 9.80 Å². The van der Waals surface area contributed by atoms with Gasteiger partial charge in [-0.3, -0.25) is 4.79 Å². The van der Waals surface area contributed by atoms with Crippen LogP contribution in [0.4, 0.5) is 5.82 Å². The number of carbonyl (C=O) groups is 1. The molecule has 0 bridgehead atoms. The van der Waals surface area contributed by atoms with Gasteiger partial charge >= 0.3 is 0 Å². The van der Waals surface area contributed by atoms with Crippen LogP contribution in [-0.2, 0) is 4.79 Å². The van der Waals surface area contributed by atoms with Gasteiger partial charge in [0.05, 0.1) is 11.0 Å². The zero-order chi connectivity index (χ0) is 17.4. The Bertz CT molecular complexity index is 721. The number of aryl methyl sites for hydroxylation is 1. The topological polar surface area (TPSA) is 60.2 Å². The second-order valence-electron chi connectivity index (χ2n) is 8.04. The van der Waals surface area contributed by atoms with Gasteiger partial charge in [-0.15, -0.1) is 0 Å². The maximum atomic E-state index is 13.2. The number of piperidine rings is 1. The van der Waals surface area contributed by atoms with E-state index in [1.165, 1.54) is 19.3 Å². The molecule has 2 aliphatic heterocycles. The lowest BCUT2D eigenvalue weighted by molar-refractivity contribution is -0.146. The molecule has 1 saturated carbocycles. The summed E-state index contributed by atoms with van der Waals surface area (Å²) in [6, 6.07) is 5.97. The molecule has 25 heavy (non-hydrogen) atoms. The zero-order valence-corrected chi connectivity index (χ0v) is 15.0. The number of amides is 1. The highest BCUT2D eigenvalue weighted by atomic mass is 16.2. The van der Waals surface area contributed by atoms with Crippen LogP contribution in [-0.4, -0.2) is 42.0 Å². The molecule has 0 radical (unpaired) electrons. The Labute approximate surface area is 149 Å². The van der Waals surface area contributed by atoms with Crippen LogP contribution in [0.25, 0.3) is 0 Å². The summed E-state index contributed by atoms with van der Waals surface area (Å²) in [6.07, 6.45) is 6.83. The number of rotatable bonds is 3. The van der Waals surface area contributed by atoms with Crippen molar-refractivity contribution < 1.29 is 4.79 Å². The van der Waals surface area contributed by atoms with Crippen LogP contribution in [0.3, 0.4) is 0 Å². The van der Waals surface area contributed by atoms with Crippen molar-refractivity contribution in [2.75, 3.05) is 31.1 Å². The van der Waals surface area contributed by atoms with Gasteiger partial charge in [-0.05, 0) is 57.1 Å². The molecule has 132 valence electrons. The van der Waals surface area contributed by atoms with Gasteiger partial charge in [0.1, 0.15) is 11.9 Å². The number of carbonyl (C=O) groups excluding carboxylic acids is 1. The minimum absolute atomic E-state index is 0.264. The molecular formula is C20H26N4O. The van der Waals surface area contributed by atoms with E-state index in [0.717, 1.165) is 56.3 Å². The van der Waals surface area contributed by atoms with Crippen molar-refractivity contribution in [2.45, 2.75) is 45.4 Å². The van der Waals surface area contributed by atoms with Crippen molar-refractivity contribution >= 4 is 11.7 Å². The number of nitrogens with zero attached hydrogens (tertiary/aromatic N) is 4. The quantitative estimate of drug-likeness (QED) is 0.850. The van der Waals surface area contributed by atoms with E-state index in [0.29, 0.717) is 18.0 Å². The largest absolute Gasteiger partial charge is 0.354 e. The Hall–Kier alpha value is -2.09. The van der Waals surface area contributed by atoms with Crippen LogP contribution in [0.2, 0.25) is 0 Å². The molecule has 1 aliphatic carbocycles. The predicted octanol–water partition coefficient (Wildman–Crippen LogP) is 2.88. The first-order valence-corrected chi connectivity index (χ1v) is 9.53. The number of aromatic nitrogens is 1. The van der Waals surface area contributed by atoms with Crippen LogP contribution >= 0.6 is 0 Å². The maximum Gasteiger partial charge on any atom is 0.230 e. The fourth-order valence-corrected chi connectivity index (χ4v) is 4.62. The summed E-state index contributed by atoms with van der Waals surface area (Å²) in [7, 11) is 0. The van der Waals surface area contributed by atoms with Crippen molar-refractivity contribution in [3.05, 3.63) is 23.4 Å². The average Bonchev–Trinajstić information content (AvgIpc) is 3.00.